The molecular formula is C9H12N2O2S. The first-order valence-electron chi connectivity index (χ1n) is 4.45. The lowest BCUT2D eigenvalue weighted by Gasteiger charge is -2.48. The van der Waals surface area contributed by atoms with Crippen LogP contribution in [0, 0.1) is 0 Å². The van der Waals surface area contributed by atoms with Crippen LogP contribution in [-0.4, -0.2) is 33.8 Å². The van der Waals surface area contributed by atoms with Crippen molar-refractivity contribution < 1.29 is 9.59 Å². The third-order valence-electron chi connectivity index (χ3n) is 2.53. The fourth-order valence-electron chi connectivity index (χ4n) is 1.86. The Morgan fingerprint density at radius 2 is 2.29 bits per heavy atom. The molecule has 2 aliphatic rings. The van der Waals surface area contributed by atoms with Crippen molar-refractivity contribution in [3.8, 4) is 0 Å². The molecular weight excluding hydrogens is 200 g/mol. The van der Waals surface area contributed by atoms with Gasteiger partial charge in [-0.2, -0.15) is 0 Å². The van der Waals surface area contributed by atoms with Crippen LogP contribution in [0.4, 0.5) is 0 Å². The number of nitrogens with zero attached hydrogens (tertiary/aromatic N) is 1. The maximum Gasteiger partial charge on any atom is 0.248 e. The van der Waals surface area contributed by atoms with Gasteiger partial charge >= 0.3 is 0 Å². The second kappa shape index (κ2) is 3.10. The fraction of sp³-hybridized carbons (Fsp3) is 0.556. The molecule has 0 saturated carbocycles. The van der Waals surface area contributed by atoms with Crippen molar-refractivity contribution in [1.29, 1.82) is 0 Å². The number of fused-ring (bicyclic) bond motifs is 1. The number of thioether (sulfide) groups is 1. The van der Waals surface area contributed by atoms with Crippen LogP contribution in [0.25, 0.3) is 0 Å². The van der Waals surface area contributed by atoms with Gasteiger partial charge in [-0.1, -0.05) is 0 Å². The molecule has 14 heavy (non-hydrogen) atoms. The molecule has 76 valence electrons. The van der Waals surface area contributed by atoms with Gasteiger partial charge in [0.15, 0.2) is 5.78 Å². The molecule has 0 aromatic heterocycles. The standard InChI is InChI=1S/C9H12N2O2S/c1-4-3-14-9-6(10)8(13)11(9)7(4)5(2)12/h6,9H,3,10H2,1-2H3/t6-,9-/m1/s1. The number of ketones is 1. The van der Waals surface area contributed by atoms with E-state index in [-0.39, 0.29) is 17.1 Å². The molecule has 2 N–H and O–H groups in total. The molecule has 4 nitrogen and oxygen atoms in total. The van der Waals surface area contributed by atoms with Crippen molar-refractivity contribution in [2.45, 2.75) is 25.3 Å². The van der Waals surface area contributed by atoms with Crippen LogP contribution in [0.5, 0.6) is 0 Å². The zero-order chi connectivity index (χ0) is 10.5. The molecule has 2 heterocycles. The van der Waals surface area contributed by atoms with Crippen molar-refractivity contribution in [2.75, 3.05) is 5.75 Å². The van der Waals surface area contributed by atoms with E-state index in [9.17, 15) is 9.59 Å². The SMILES string of the molecule is CC(=O)C1=C(C)CS[C@@H]2[C@H](N)C(=O)N12. The first-order valence-corrected chi connectivity index (χ1v) is 5.50. The molecule has 0 aliphatic carbocycles. The molecule has 1 fully saturated rings. The molecule has 2 rings (SSSR count). The maximum absolute atomic E-state index is 11.5. The topological polar surface area (TPSA) is 63.4 Å². The van der Waals surface area contributed by atoms with E-state index in [4.69, 9.17) is 5.73 Å². The molecule has 1 saturated heterocycles. The summed E-state index contributed by atoms with van der Waals surface area (Å²) in [6.45, 7) is 3.38. The summed E-state index contributed by atoms with van der Waals surface area (Å²) in [7, 11) is 0. The first kappa shape index (κ1) is 9.73. The van der Waals surface area contributed by atoms with E-state index >= 15 is 0 Å². The first-order chi connectivity index (χ1) is 6.54. The summed E-state index contributed by atoms with van der Waals surface area (Å²) < 4.78 is 0. The monoisotopic (exact) mass is 212 g/mol. The Balaban J connectivity index is 2.37. The lowest BCUT2D eigenvalue weighted by atomic mass is 10.0. The van der Waals surface area contributed by atoms with E-state index in [1.165, 1.54) is 11.8 Å². The summed E-state index contributed by atoms with van der Waals surface area (Å²) in [5.41, 5.74) is 7.17. The van der Waals surface area contributed by atoms with Gasteiger partial charge in [0.25, 0.3) is 0 Å². The highest BCUT2D eigenvalue weighted by Gasteiger charge is 2.50. The zero-order valence-corrected chi connectivity index (χ0v) is 8.93. The van der Waals surface area contributed by atoms with E-state index in [1.807, 2.05) is 6.92 Å². The summed E-state index contributed by atoms with van der Waals surface area (Å²) in [5.74, 6) is 0.608. The van der Waals surface area contributed by atoms with E-state index in [2.05, 4.69) is 0 Å². The summed E-state index contributed by atoms with van der Waals surface area (Å²) in [5, 5.41) is -0.0231. The Morgan fingerprint density at radius 1 is 1.64 bits per heavy atom. The van der Waals surface area contributed by atoms with Gasteiger partial charge in [-0.15, -0.1) is 11.8 Å². The summed E-state index contributed by atoms with van der Waals surface area (Å²) in [6, 6.07) is -0.428. The van der Waals surface area contributed by atoms with Crippen LogP contribution in [0.15, 0.2) is 11.3 Å². The van der Waals surface area contributed by atoms with E-state index in [1.54, 1.807) is 11.8 Å². The van der Waals surface area contributed by atoms with Gasteiger partial charge in [-0.05, 0) is 12.5 Å². The van der Waals surface area contributed by atoms with Gasteiger partial charge in [0.05, 0.1) is 5.70 Å². The minimum atomic E-state index is -0.428. The molecule has 2 atom stereocenters. The number of carbonyl (C=O) groups excluding carboxylic acids is 2. The highest BCUT2D eigenvalue weighted by Crippen LogP contribution is 2.39. The smallest absolute Gasteiger partial charge is 0.248 e. The third-order valence-corrected chi connectivity index (χ3v) is 3.98. The molecule has 5 heteroatoms. The molecule has 0 aromatic rings. The Kier molecular flexibility index (Phi) is 2.16. The van der Waals surface area contributed by atoms with Crippen LogP contribution < -0.4 is 5.73 Å². The number of β-lactam (4-membered cyclic amide) rings is 1. The molecule has 0 radical (unpaired) electrons. The van der Waals surface area contributed by atoms with Gasteiger partial charge in [0.2, 0.25) is 5.91 Å². The van der Waals surface area contributed by atoms with Gasteiger partial charge in [-0.25, -0.2) is 0 Å². The summed E-state index contributed by atoms with van der Waals surface area (Å²) >= 11 is 1.62. The predicted octanol–water partition coefficient (Wildman–Crippen LogP) is 0.0918. The second-order valence-corrected chi connectivity index (χ2v) is 4.73. The Morgan fingerprint density at radius 3 is 2.86 bits per heavy atom. The second-order valence-electron chi connectivity index (χ2n) is 3.62. The van der Waals surface area contributed by atoms with E-state index in [0.29, 0.717) is 5.70 Å². The van der Waals surface area contributed by atoms with Crippen molar-refractivity contribution in [3.63, 3.8) is 0 Å². The lowest BCUT2D eigenvalue weighted by molar-refractivity contribution is -0.143. The number of rotatable bonds is 1. The number of allylic oxidation sites excluding steroid dienone is 1. The number of amides is 1. The number of hydrogen-bond acceptors (Lipinski definition) is 4. The van der Waals surface area contributed by atoms with Crippen LogP contribution in [0.2, 0.25) is 0 Å². The van der Waals surface area contributed by atoms with Crippen LogP contribution >= 0.6 is 11.8 Å². The minimum absolute atomic E-state index is 0.0231. The molecule has 0 spiro atoms. The van der Waals surface area contributed by atoms with Crippen molar-refractivity contribution in [2.24, 2.45) is 5.73 Å². The maximum atomic E-state index is 11.5. The number of Topliss-reactive ketones (excluding diaryl/α,β-unsaturated/α-hetero) is 1. The molecule has 0 unspecified atom stereocenters. The summed E-state index contributed by atoms with van der Waals surface area (Å²) in [4.78, 5) is 24.3. The lowest BCUT2D eigenvalue weighted by Crippen LogP contribution is -2.68. The van der Waals surface area contributed by atoms with Gasteiger partial charge in [0.1, 0.15) is 11.4 Å². The average molecular weight is 212 g/mol. The normalized spacial score (nSPS) is 31.4. The van der Waals surface area contributed by atoms with Crippen LogP contribution in [0.3, 0.4) is 0 Å². The zero-order valence-electron chi connectivity index (χ0n) is 8.11. The molecule has 0 bridgehead atoms. The highest BCUT2D eigenvalue weighted by molar-refractivity contribution is 8.00. The Bertz CT molecular complexity index is 351. The van der Waals surface area contributed by atoms with E-state index < -0.39 is 6.04 Å². The Hall–Kier alpha value is -0.810. The average Bonchev–Trinajstić information content (AvgIpc) is 2.15. The summed E-state index contributed by atoms with van der Waals surface area (Å²) in [6.07, 6.45) is 0. The van der Waals surface area contributed by atoms with E-state index in [0.717, 1.165) is 11.3 Å². The minimum Gasteiger partial charge on any atom is -0.317 e. The predicted molar refractivity (Wildman–Crippen MR) is 54.4 cm³/mol. The molecule has 0 aromatic carbocycles. The number of hydrogen-bond donors (Lipinski definition) is 1. The number of nitrogens with two attached hydrogens (primary N) is 1. The number of carbonyl (C=O) groups is 2. The largest absolute Gasteiger partial charge is 0.317 e. The van der Waals surface area contributed by atoms with Gasteiger partial charge < -0.3 is 5.73 Å². The fourth-order valence-corrected chi connectivity index (χ4v) is 3.10. The molecule has 2 aliphatic heterocycles. The van der Waals surface area contributed by atoms with Crippen LogP contribution in [-0.2, 0) is 9.59 Å². The highest BCUT2D eigenvalue weighted by atomic mass is 32.2. The quantitative estimate of drug-likeness (QED) is 0.626. The van der Waals surface area contributed by atoms with Crippen molar-refractivity contribution >= 4 is 23.5 Å². The van der Waals surface area contributed by atoms with Gasteiger partial charge in [0, 0.05) is 12.7 Å². The van der Waals surface area contributed by atoms with Gasteiger partial charge in [-0.3, -0.25) is 14.5 Å². The Labute approximate surface area is 86.5 Å². The van der Waals surface area contributed by atoms with Crippen molar-refractivity contribution in [1.82, 2.24) is 4.90 Å². The van der Waals surface area contributed by atoms with Crippen molar-refractivity contribution in [3.05, 3.63) is 11.3 Å². The third kappa shape index (κ3) is 1.12. The van der Waals surface area contributed by atoms with Crippen LogP contribution in [0.1, 0.15) is 13.8 Å². The molecule has 1 amide bonds.